The predicted octanol–water partition coefficient (Wildman–Crippen LogP) is 2.55. The third kappa shape index (κ3) is 20.7. The Balaban J connectivity index is 3.54. The molecule has 0 aliphatic carbocycles. The van der Waals surface area contributed by atoms with E-state index in [4.69, 9.17) is 28.6 Å². The summed E-state index contributed by atoms with van der Waals surface area (Å²) in [5.41, 5.74) is 2.65. The van der Waals surface area contributed by atoms with Gasteiger partial charge in [0.15, 0.2) is 13.2 Å². The van der Waals surface area contributed by atoms with Crippen molar-refractivity contribution in [1.29, 1.82) is 0 Å². The number of unbranched alkanes of at least 4 members (excludes halogenated alkanes) is 3. The molecule has 0 saturated heterocycles. The molecule has 12 nitrogen and oxygen atoms in total. The van der Waals surface area contributed by atoms with Crippen molar-refractivity contribution in [3.8, 4) is 0 Å². The van der Waals surface area contributed by atoms with E-state index >= 15 is 0 Å². The molecule has 32 heavy (non-hydrogen) atoms. The topological polar surface area (TPSA) is 148 Å². The molecule has 0 fully saturated rings. The maximum absolute atomic E-state index is 11.5. The Morgan fingerprint density at radius 3 is 1.25 bits per heavy atom. The summed E-state index contributed by atoms with van der Waals surface area (Å²) in [4.78, 5) is 55.0. The maximum atomic E-state index is 11.5. The highest BCUT2D eigenvalue weighted by molar-refractivity contribution is 5.72. The molecule has 0 atom stereocenters. The first-order valence-corrected chi connectivity index (χ1v) is 10.3. The number of hydroxylamine groups is 2. The number of ether oxygens (including phenoxy) is 4. The lowest BCUT2D eigenvalue weighted by molar-refractivity contribution is -0.152. The Morgan fingerprint density at radius 1 is 0.594 bits per heavy atom. The Bertz CT molecular complexity index is 544. The van der Waals surface area contributed by atoms with Gasteiger partial charge in [-0.15, -0.1) is 0 Å². The number of hydrogen-bond acceptors (Lipinski definition) is 10. The van der Waals surface area contributed by atoms with E-state index in [9.17, 15) is 19.2 Å². The van der Waals surface area contributed by atoms with Crippen LogP contribution < -0.4 is 11.0 Å². The fraction of sp³-hybridized carbons (Fsp3) is 0.800. The molecule has 0 bridgehead atoms. The fourth-order valence-electron chi connectivity index (χ4n) is 1.92. The Kier molecular flexibility index (Phi) is 14.0. The molecule has 0 unspecified atom stereocenters. The van der Waals surface area contributed by atoms with Crippen molar-refractivity contribution in [3.63, 3.8) is 0 Å². The second-order valence-electron chi connectivity index (χ2n) is 8.64. The lowest BCUT2D eigenvalue weighted by Crippen LogP contribution is -2.34. The van der Waals surface area contributed by atoms with Gasteiger partial charge in [0.05, 0.1) is 13.2 Å². The molecule has 0 aromatic rings. The van der Waals surface area contributed by atoms with Crippen molar-refractivity contribution in [1.82, 2.24) is 11.0 Å². The van der Waals surface area contributed by atoms with Gasteiger partial charge in [0.2, 0.25) is 0 Å². The van der Waals surface area contributed by atoms with E-state index in [0.717, 1.165) is 12.8 Å². The highest BCUT2D eigenvalue weighted by Crippen LogP contribution is 2.07. The van der Waals surface area contributed by atoms with Gasteiger partial charge < -0.3 is 18.9 Å². The minimum Gasteiger partial charge on any atom is -0.464 e. The summed E-state index contributed by atoms with van der Waals surface area (Å²) in [7, 11) is 0. The van der Waals surface area contributed by atoms with Gasteiger partial charge in [0, 0.05) is 0 Å². The third-order valence-electron chi connectivity index (χ3n) is 3.05. The first kappa shape index (κ1) is 29.4. The van der Waals surface area contributed by atoms with E-state index in [1.807, 2.05) is 11.0 Å². The maximum Gasteiger partial charge on any atom is 0.431 e. The average molecular weight is 465 g/mol. The van der Waals surface area contributed by atoms with E-state index in [0.29, 0.717) is 12.8 Å². The zero-order valence-corrected chi connectivity index (χ0v) is 19.7. The Labute approximate surface area is 188 Å². The van der Waals surface area contributed by atoms with Crippen molar-refractivity contribution in [3.05, 3.63) is 0 Å². The molecule has 0 aromatic carbocycles. The molecular formula is C20H36N2O10. The van der Waals surface area contributed by atoms with Crippen LogP contribution >= 0.6 is 0 Å². The van der Waals surface area contributed by atoms with E-state index in [1.165, 1.54) is 0 Å². The summed E-state index contributed by atoms with van der Waals surface area (Å²) in [6.45, 7) is 9.75. The minimum atomic E-state index is -0.795. The summed E-state index contributed by atoms with van der Waals surface area (Å²) in [5.74, 6) is -1.23. The third-order valence-corrected chi connectivity index (χ3v) is 3.05. The molecule has 186 valence electrons. The number of carbonyl (C=O) groups is 4. The van der Waals surface area contributed by atoms with Gasteiger partial charge in [-0.2, -0.15) is 11.0 Å². The first-order valence-electron chi connectivity index (χ1n) is 10.3. The van der Waals surface area contributed by atoms with Crippen LogP contribution in [0.5, 0.6) is 0 Å². The van der Waals surface area contributed by atoms with Crippen LogP contribution in [-0.2, 0) is 38.2 Å². The van der Waals surface area contributed by atoms with Gasteiger partial charge in [0.25, 0.3) is 0 Å². The van der Waals surface area contributed by atoms with Crippen LogP contribution in [0.2, 0.25) is 0 Å². The van der Waals surface area contributed by atoms with Gasteiger partial charge in [-0.25, -0.2) is 19.2 Å². The summed E-state index contributed by atoms with van der Waals surface area (Å²) in [6.07, 6.45) is 1.19. The molecule has 0 saturated carbocycles. The lowest BCUT2D eigenvalue weighted by Gasteiger charge is -2.19. The molecule has 0 radical (unpaired) electrons. The number of carbonyl (C=O) groups excluding carboxylic acids is 4. The predicted molar refractivity (Wildman–Crippen MR) is 111 cm³/mol. The molecular weight excluding hydrogens is 428 g/mol. The van der Waals surface area contributed by atoms with Gasteiger partial charge in [0.1, 0.15) is 11.2 Å². The number of amides is 2. The normalized spacial score (nSPS) is 11.3. The number of hydrogen-bond donors (Lipinski definition) is 2. The summed E-state index contributed by atoms with van der Waals surface area (Å²) in [6, 6.07) is 0. The molecule has 0 spiro atoms. The molecule has 12 heteroatoms. The number of rotatable bonds is 13. The SMILES string of the molecule is CC(C)(C)OC(=O)NOCC(=O)OCCCCCCOC(=O)CONC(=O)OC(C)(C)C. The second-order valence-corrected chi connectivity index (χ2v) is 8.64. The minimum absolute atomic E-state index is 0.207. The van der Waals surface area contributed by atoms with E-state index < -0.39 is 48.5 Å². The molecule has 0 heterocycles. The molecule has 2 amide bonds. The quantitative estimate of drug-likeness (QED) is 0.180. The van der Waals surface area contributed by atoms with Crippen LogP contribution in [0.4, 0.5) is 9.59 Å². The second kappa shape index (κ2) is 15.2. The average Bonchev–Trinajstić information content (AvgIpc) is 2.60. The zero-order chi connectivity index (χ0) is 24.6. The van der Waals surface area contributed by atoms with Gasteiger partial charge >= 0.3 is 24.1 Å². The molecule has 0 aliphatic rings. The van der Waals surface area contributed by atoms with E-state index in [2.05, 4.69) is 0 Å². The van der Waals surface area contributed by atoms with Gasteiger partial charge in [-0.1, -0.05) is 0 Å². The van der Waals surface area contributed by atoms with Crippen molar-refractivity contribution >= 4 is 24.1 Å². The summed E-state index contributed by atoms with van der Waals surface area (Å²) >= 11 is 0. The van der Waals surface area contributed by atoms with Crippen molar-refractivity contribution < 1.29 is 47.8 Å². The van der Waals surface area contributed by atoms with Crippen LogP contribution in [0.1, 0.15) is 67.2 Å². The van der Waals surface area contributed by atoms with E-state index in [-0.39, 0.29) is 13.2 Å². The smallest absolute Gasteiger partial charge is 0.431 e. The highest BCUT2D eigenvalue weighted by atomic mass is 16.7. The summed E-state index contributed by atoms with van der Waals surface area (Å²) < 4.78 is 19.8. The van der Waals surface area contributed by atoms with Crippen molar-refractivity contribution in [2.75, 3.05) is 26.4 Å². The fourth-order valence-corrected chi connectivity index (χ4v) is 1.92. The van der Waals surface area contributed by atoms with Crippen LogP contribution in [-0.4, -0.2) is 61.8 Å². The van der Waals surface area contributed by atoms with Crippen molar-refractivity contribution in [2.45, 2.75) is 78.4 Å². The molecule has 0 aliphatic heterocycles. The van der Waals surface area contributed by atoms with Gasteiger partial charge in [-0.05, 0) is 67.2 Å². The van der Waals surface area contributed by atoms with Gasteiger partial charge in [-0.3, -0.25) is 9.68 Å². The highest BCUT2D eigenvalue weighted by Gasteiger charge is 2.17. The Hall–Kier alpha value is -2.60. The standard InChI is InChI=1S/C20H36N2O10/c1-19(2,3)31-17(25)21-29-13-15(23)27-11-9-7-8-10-12-28-16(24)14-30-22-18(26)32-20(4,5)6/h7-14H2,1-6H3,(H,21,25)(H,22,26). The zero-order valence-electron chi connectivity index (χ0n) is 19.7. The van der Waals surface area contributed by atoms with Crippen LogP contribution in [0.3, 0.4) is 0 Å². The van der Waals surface area contributed by atoms with Crippen molar-refractivity contribution in [2.24, 2.45) is 0 Å². The largest absolute Gasteiger partial charge is 0.464 e. The van der Waals surface area contributed by atoms with E-state index in [1.54, 1.807) is 41.5 Å². The lowest BCUT2D eigenvalue weighted by atomic mass is 10.2. The Morgan fingerprint density at radius 2 is 0.938 bits per heavy atom. The van der Waals surface area contributed by atoms with Crippen LogP contribution in [0, 0.1) is 0 Å². The molecule has 0 rings (SSSR count). The van der Waals surface area contributed by atoms with Crippen LogP contribution in [0.15, 0.2) is 0 Å². The molecule has 0 aromatic heterocycles. The monoisotopic (exact) mass is 464 g/mol. The molecule has 2 N–H and O–H groups in total. The first-order chi connectivity index (χ1) is 14.8. The number of nitrogens with one attached hydrogen (secondary N) is 2. The summed E-state index contributed by atoms with van der Waals surface area (Å²) in [5, 5.41) is 0. The van der Waals surface area contributed by atoms with Crippen LogP contribution in [0.25, 0.3) is 0 Å². The number of esters is 2.